The van der Waals surface area contributed by atoms with E-state index in [2.05, 4.69) is 15.6 Å². The molecule has 4 N–H and O–H groups in total. The van der Waals surface area contributed by atoms with Crippen molar-refractivity contribution in [3.8, 4) is 5.75 Å². The van der Waals surface area contributed by atoms with Crippen LogP contribution in [-0.4, -0.2) is 24.0 Å². The quantitative estimate of drug-likeness (QED) is 0.276. The van der Waals surface area contributed by atoms with E-state index < -0.39 is 0 Å². The number of benzene rings is 2. The highest BCUT2D eigenvalue weighted by Gasteiger charge is 2.08. The first-order valence-electron chi connectivity index (χ1n) is 9.60. The SMILES string of the molecule is CCC(C)NC(=O)c1cccc(CN=C(N)Nc2ccc(OC(C)C)cc2)c1.I. The lowest BCUT2D eigenvalue weighted by atomic mass is 10.1. The molecular weight excluding hydrogens is 479 g/mol. The zero-order chi connectivity index (χ0) is 20.5. The predicted octanol–water partition coefficient (Wildman–Crippen LogP) is 4.55. The van der Waals surface area contributed by atoms with Gasteiger partial charge in [-0.05, 0) is 69.2 Å². The first kappa shape index (κ1) is 24.7. The molecular formula is C22H31IN4O2. The van der Waals surface area contributed by atoms with Crippen LogP contribution in [0.25, 0.3) is 0 Å². The van der Waals surface area contributed by atoms with Gasteiger partial charge in [-0.15, -0.1) is 24.0 Å². The van der Waals surface area contributed by atoms with E-state index in [1.54, 1.807) is 6.07 Å². The van der Waals surface area contributed by atoms with Crippen molar-refractivity contribution in [2.45, 2.75) is 52.8 Å². The van der Waals surface area contributed by atoms with E-state index in [0.717, 1.165) is 23.4 Å². The summed E-state index contributed by atoms with van der Waals surface area (Å²) in [6.45, 7) is 8.38. The fourth-order valence-electron chi connectivity index (χ4n) is 2.47. The number of ether oxygens (including phenoxy) is 1. The van der Waals surface area contributed by atoms with Crippen molar-refractivity contribution in [1.29, 1.82) is 0 Å². The maximum atomic E-state index is 12.2. The van der Waals surface area contributed by atoms with E-state index in [-0.39, 0.29) is 42.0 Å². The Morgan fingerprint density at radius 2 is 1.83 bits per heavy atom. The Balaban J connectivity index is 0.00000420. The molecule has 2 aromatic carbocycles. The third-order valence-corrected chi connectivity index (χ3v) is 4.11. The summed E-state index contributed by atoms with van der Waals surface area (Å²) in [5, 5.41) is 6.02. The van der Waals surface area contributed by atoms with Crippen LogP contribution in [0, 0.1) is 0 Å². The summed E-state index contributed by atoms with van der Waals surface area (Å²) < 4.78 is 5.62. The van der Waals surface area contributed by atoms with Crippen LogP contribution in [0.2, 0.25) is 0 Å². The molecule has 2 aromatic rings. The summed E-state index contributed by atoms with van der Waals surface area (Å²) in [5.41, 5.74) is 8.36. The first-order chi connectivity index (χ1) is 13.4. The maximum absolute atomic E-state index is 12.2. The van der Waals surface area contributed by atoms with E-state index in [4.69, 9.17) is 10.5 Å². The molecule has 7 heteroatoms. The molecule has 0 bridgehead atoms. The number of carbonyl (C=O) groups is 1. The topological polar surface area (TPSA) is 88.7 Å². The highest BCUT2D eigenvalue weighted by atomic mass is 127. The summed E-state index contributed by atoms with van der Waals surface area (Å²) in [7, 11) is 0. The molecule has 0 heterocycles. The molecule has 0 aliphatic heterocycles. The van der Waals surface area contributed by atoms with Crippen LogP contribution in [0.1, 0.15) is 50.0 Å². The molecule has 0 fully saturated rings. The number of guanidine groups is 1. The number of aliphatic imine (C=N–C) groups is 1. The first-order valence-corrected chi connectivity index (χ1v) is 9.60. The summed E-state index contributed by atoms with van der Waals surface area (Å²) in [5.74, 6) is 1.05. The normalized spacial score (nSPS) is 12.1. The van der Waals surface area contributed by atoms with Gasteiger partial charge in [0.15, 0.2) is 5.96 Å². The van der Waals surface area contributed by atoms with Gasteiger partial charge in [-0.25, -0.2) is 4.99 Å². The van der Waals surface area contributed by atoms with E-state index in [0.29, 0.717) is 18.1 Å². The number of nitrogens with zero attached hydrogens (tertiary/aromatic N) is 1. The Morgan fingerprint density at radius 1 is 1.14 bits per heavy atom. The Morgan fingerprint density at radius 3 is 2.45 bits per heavy atom. The smallest absolute Gasteiger partial charge is 0.251 e. The highest BCUT2D eigenvalue weighted by Crippen LogP contribution is 2.16. The average Bonchev–Trinajstić information content (AvgIpc) is 2.67. The average molecular weight is 510 g/mol. The molecule has 0 saturated carbocycles. The van der Waals surface area contributed by atoms with Crippen LogP contribution in [0.4, 0.5) is 5.69 Å². The van der Waals surface area contributed by atoms with Gasteiger partial charge in [0.05, 0.1) is 12.6 Å². The fraction of sp³-hybridized carbons (Fsp3) is 0.364. The lowest BCUT2D eigenvalue weighted by Gasteiger charge is -2.12. The number of anilines is 1. The molecule has 29 heavy (non-hydrogen) atoms. The number of amides is 1. The van der Waals surface area contributed by atoms with Crippen LogP contribution in [0.15, 0.2) is 53.5 Å². The van der Waals surface area contributed by atoms with Crippen molar-refractivity contribution in [3.05, 3.63) is 59.7 Å². The number of rotatable bonds is 8. The molecule has 0 saturated heterocycles. The Hall–Kier alpha value is -2.29. The van der Waals surface area contributed by atoms with Gasteiger partial charge in [0.2, 0.25) is 0 Å². The number of halogens is 1. The molecule has 158 valence electrons. The molecule has 0 aliphatic carbocycles. The lowest BCUT2D eigenvalue weighted by molar-refractivity contribution is 0.0939. The minimum absolute atomic E-state index is 0. The molecule has 2 rings (SSSR count). The molecule has 0 spiro atoms. The van der Waals surface area contributed by atoms with E-state index in [9.17, 15) is 4.79 Å². The third kappa shape index (κ3) is 8.72. The largest absolute Gasteiger partial charge is 0.491 e. The van der Waals surface area contributed by atoms with Gasteiger partial charge in [-0.1, -0.05) is 19.1 Å². The van der Waals surface area contributed by atoms with Crippen molar-refractivity contribution in [2.24, 2.45) is 10.7 Å². The van der Waals surface area contributed by atoms with Gasteiger partial charge in [0.1, 0.15) is 5.75 Å². The van der Waals surface area contributed by atoms with Crippen molar-refractivity contribution in [1.82, 2.24) is 5.32 Å². The molecule has 1 unspecified atom stereocenters. The second-order valence-corrected chi connectivity index (χ2v) is 7.00. The van der Waals surface area contributed by atoms with Gasteiger partial charge < -0.3 is 21.1 Å². The monoisotopic (exact) mass is 510 g/mol. The number of carbonyl (C=O) groups excluding carboxylic acids is 1. The van der Waals surface area contributed by atoms with Crippen LogP contribution >= 0.6 is 24.0 Å². The predicted molar refractivity (Wildman–Crippen MR) is 130 cm³/mol. The van der Waals surface area contributed by atoms with Gasteiger partial charge in [0, 0.05) is 17.3 Å². The standard InChI is InChI=1S/C22H30N4O2.HI/c1-5-16(4)25-21(27)18-8-6-7-17(13-18)14-24-22(23)26-19-9-11-20(12-10-19)28-15(2)3;/h6-13,15-16H,5,14H2,1-4H3,(H,25,27)(H3,23,24,26);1H. The maximum Gasteiger partial charge on any atom is 0.251 e. The molecule has 1 atom stereocenters. The highest BCUT2D eigenvalue weighted by molar-refractivity contribution is 14.0. The van der Waals surface area contributed by atoms with Gasteiger partial charge in [-0.3, -0.25) is 4.79 Å². The summed E-state index contributed by atoms with van der Waals surface area (Å²) >= 11 is 0. The summed E-state index contributed by atoms with van der Waals surface area (Å²) in [6.07, 6.45) is 1.02. The minimum atomic E-state index is -0.0741. The number of hydrogen-bond donors (Lipinski definition) is 3. The van der Waals surface area contributed by atoms with Crippen molar-refractivity contribution in [2.75, 3.05) is 5.32 Å². The molecule has 6 nitrogen and oxygen atoms in total. The van der Waals surface area contributed by atoms with Crippen LogP contribution in [0.3, 0.4) is 0 Å². The van der Waals surface area contributed by atoms with E-state index in [1.165, 1.54) is 0 Å². The van der Waals surface area contributed by atoms with Gasteiger partial charge >= 0.3 is 0 Å². The second kappa shape index (κ2) is 12.3. The van der Waals surface area contributed by atoms with Crippen molar-refractivity contribution < 1.29 is 9.53 Å². The zero-order valence-corrected chi connectivity index (χ0v) is 19.8. The molecule has 1 amide bonds. The van der Waals surface area contributed by atoms with Crippen molar-refractivity contribution >= 4 is 41.5 Å². The lowest BCUT2D eigenvalue weighted by Crippen LogP contribution is -2.31. The number of nitrogens with one attached hydrogen (secondary N) is 2. The van der Waals surface area contributed by atoms with E-state index >= 15 is 0 Å². The molecule has 0 aliphatic rings. The minimum Gasteiger partial charge on any atom is -0.491 e. The Bertz CT molecular complexity index is 807. The molecule has 0 aromatic heterocycles. The number of nitrogens with two attached hydrogens (primary N) is 1. The third-order valence-electron chi connectivity index (χ3n) is 4.11. The Kier molecular flexibility index (Phi) is 10.5. The van der Waals surface area contributed by atoms with E-state index in [1.807, 2.05) is 70.2 Å². The van der Waals surface area contributed by atoms with Crippen LogP contribution in [0.5, 0.6) is 5.75 Å². The fourth-order valence-corrected chi connectivity index (χ4v) is 2.47. The number of hydrogen-bond acceptors (Lipinski definition) is 3. The van der Waals surface area contributed by atoms with Crippen molar-refractivity contribution in [3.63, 3.8) is 0 Å². The second-order valence-electron chi connectivity index (χ2n) is 7.00. The zero-order valence-electron chi connectivity index (χ0n) is 17.4. The van der Waals surface area contributed by atoms with Crippen LogP contribution in [-0.2, 0) is 6.54 Å². The molecule has 0 radical (unpaired) electrons. The Labute approximate surface area is 190 Å². The van der Waals surface area contributed by atoms with Gasteiger partial charge in [-0.2, -0.15) is 0 Å². The van der Waals surface area contributed by atoms with Gasteiger partial charge in [0.25, 0.3) is 5.91 Å². The summed E-state index contributed by atoms with van der Waals surface area (Å²) in [4.78, 5) is 16.6. The summed E-state index contributed by atoms with van der Waals surface area (Å²) in [6, 6.07) is 15.1. The van der Waals surface area contributed by atoms with Crippen LogP contribution < -0.4 is 21.1 Å².